The molecule has 4 nitrogen and oxygen atoms in total. The summed E-state index contributed by atoms with van der Waals surface area (Å²) in [6.07, 6.45) is -3.56. The van der Waals surface area contributed by atoms with Gasteiger partial charge in [-0.25, -0.2) is 13.4 Å². The number of sulfone groups is 1. The molecule has 0 radical (unpaired) electrons. The van der Waals surface area contributed by atoms with Crippen molar-refractivity contribution < 1.29 is 21.6 Å². The number of aromatic amines is 1. The Balaban J connectivity index is 2.16. The number of nitrogens with one attached hydrogen (secondary N) is 1. The van der Waals surface area contributed by atoms with Gasteiger partial charge in [0.25, 0.3) is 0 Å². The van der Waals surface area contributed by atoms with Gasteiger partial charge < -0.3 is 4.98 Å². The molecule has 0 fully saturated rings. The molecule has 0 aliphatic heterocycles. The highest BCUT2D eigenvalue weighted by Crippen LogP contribution is 2.36. The van der Waals surface area contributed by atoms with Crippen molar-refractivity contribution in [3.8, 4) is 22.5 Å². The average molecular weight is 380 g/mol. The molecule has 0 atom stereocenters. The highest BCUT2D eigenvalue weighted by Gasteiger charge is 2.36. The second-order valence-corrected chi connectivity index (χ2v) is 7.99. The molecule has 1 aromatic heterocycles. The number of hydrogen-bond donors (Lipinski definition) is 1. The van der Waals surface area contributed by atoms with Crippen molar-refractivity contribution in [1.82, 2.24) is 9.97 Å². The quantitative estimate of drug-likeness (QED) is 0.729. The summed E-state index contributed by atoms with van der Waals surface area (Å²) in [7, 11) is -3.40. The lowest BCUT2D eigenvalue weighted by atomic mass is 10.0. The molecule has 0 saturated heterocycles. The molecule has 0 spiro atoms. The Morgan fingerprint density at radius 2 is 1.46 bits per heavy atom. The SMILES string of the molecule is Cc1ccc(-c2[nH]c(C(F)(F)F)nc2-c2ccc(S(C)(=O)=O)cc2)cc1. The summed E-state index contributed by atoms with van der Waals surface area (Å²) in [4.78, 5) is 6.15. The van der Waals surface area contributed by atoms with E-state index in [1.54, 1.807) is 24.3 Å². The fraction of sp³-hybridized carbons (Fsp3) is 0.167. The van der Waals surface area contributed by atoms with Gasteiger partial charge in [0.2, 0.25) is 5.82 Å². The molecule has 8 heteroatoms. The maximum absolute atomic E-state index is 13.1. The minimum absolute atomic E-state index is 0.0877. The predicted molar refractivity (Wildman–Crippen MR) is 92.3 cm³/mol. The Kier molecular flexibility index (Phi) is 4.39. The zero-order valence-corrected chi connectivity index (χ0v) is 14.7. The topological polar surface area (TPSA) is 62.8 Å². The number of alkyl halides is 3. The van der Waals surface area contributed by atoms with Crippen LogP contribution >= 0.6 is 0 Å². The van der Waals surface area contributed by atoms with E-state index in [1.807, 2.05) is 6.92 Å². The summed E-state index contributed by atoms with van der Waals surface area (Å²) >= 11 is 0. The van der Waals surface area contributed by atoms with Crippen LogP contribution in [-0.2, 0) is 16.0 Å². The van der Waals surface area contributed by atoms with E-state index in [0.29, 0.717) is 11.1 Å². The van der Waals surface area contributed by atoms with E-state index in [1.165, 1.54) is 24.3 Å². The van der Waals surface area contributed by atoms with Crippen molar-refractivity contribution in [2.24, 2.45) is 0 Å². The van der Waals surface area contributed by atoms with Crippen molar-refractivity contribution >= 4 is 9.84 Å². The van der Waals surface area contributed by atoms with Gasteiger partial charge in [0, 0.05) is 17.4 Å². The van der Waals surface area contributed by atoms with Crippen molar-refractivity contribution in [2.75, 3.05) is 6.26 Å². The summed E-state index contributed by atoms with van der Waals surface area (Å²) in [5.41, 5.74) is 2.26. The summed E-state index contributed by atoms with van der Waals surface area (Å²) in [6, 6.07) is 12.6. The van der Waals surface area contributed by atoms with Crippen LogP contribution in [0.2, 0.25) is 0 Å². The lowest BCUT2D eigenvalue weighted by Gasteiger charge is -2.05. The standard InChI is InChI=1S/C18H15F3N2O2S/c1-11-3-5-12(6-4-11)15-16(23-17(22-15)18(19,20)21)13-7-9-14(10-8-13)26(2,24)25/h3-10H,1-2H3,(H,22,23). The molecule has 26 heavy (non-hydrogen) atoms. The number of imidazole rings is 1. The number of aromatic nitrogens is 2. The van der Waals surface area contributed by atoms with Gasteiger partial charge in [0.1, 0.15) is 0 Å². The van der Waals surface area contributed by atoms with Crippen LogP contribution in [0.1, 0.15) is 11.4 Å². The fourth-order valence-corrected chi connectivity index (χ4v) is 3.14. The van der Waals surface area contributed by atoms with E-state index in [4.69, 9.17) is 0 Å². The molecule has 0 bridgehead atoms. The lowest BCUT2D eigenvalue weighted by Crippen LogP contribution is -2.07. The fourth-order valence-electron chi connectivity index (χ4n) is 2.51. The van der Waals surface area contributed by atoms with Gasteiger partial charge in [0.05, 0.1) is 16.3 Å². The molecule has 3 rings (SSSR count). The Hall–Kier alpha value is -2.61. The summed E-state index contributed by atoms with van der Waals surface area (Å²) in [6.45, 7) is 1.88. The van der Waals surface area contributed by atoms with Crippen LogP contribution in [0.5, 0.6) is 0 Å². The van der Waals surface area contributed by atoms with Crippen molar-refractivity contribution in [3.05, 3.63) is 59.9 Å². The van der Waals surface area contributed by atoms with Gasteiger partial charge in [-0.05, 0) is 19.1 Å². The van der Waals surface area contributed by atoms with Gasteiger partial charge in [-0.15, -0.1) is 0 Å². The van der Waals surface area contributed by atoms with Crippen LogP contribution in [-0.4, -0.2) is 24.6 Å². The Labute approximate surface area is 148 Å². The highest BCUT2D eigenvalue weighted by atomic mass is 32.2. The molecule has 1 heterocycles. The highest BCUT2D eigenvalue weighted by molar-refractivity contribution is 7.90. The molecular weight excluding hydrogens is 365 g/mol. The summed E-state index contributed by atoms with van der Waals surface area (Å²) < 4.78 is 62.5. The Morgan fingerprint density at radius 3 is 1.96 bits per heavy atom. The minimum Gasteiger partial charge on any atom is -0.334 e. The number of halogens is 3. The third kappa shape index (κ3) is 3.65. The average Bonchev–Trinajstić information content (AvgIpc) is 3.00. The molecule has 0 aliphatic rings. The molecule has 0 aliphatic carbocycles. The number of hydrogen-bond acceptors (Lipinski definition) is 3. The zero-order valence-electron chi connectivity index (χ0n) is 13.9. The Morgan fingerprint density at radius 1 is 0.923 bits per heavy atom. The van der Waals surface area contributed by atoms with E-state index in [0.717, 1.165) is 11.8 Å². The van der Waals surface area contributed by atoms with Crippen LogP contribution in [0, 0.1) is 6.92 Å². The van der Waals surface area contributed by atoms with Crippen LogP contribution < -0.4 is 0 Å². The molecule has 2 aromatic carbocycles. The summed E-state index contributed by atoms with van der Waals surface area (Å²) in [5, 5.41) is 0. The largest absolute Gasteiger partial charge is 0.449 e. The molecule has 0 amide bonds. The van der Waals surface area contributed by atoms with E-state index in [-0.39, 0.29) is 16.3 Å². The van der Waals surface area contributed by atoms with E-state index in [9.17, 15) is 21.6 Å². The van der Waals surface area contributed by atoms with Gasteiger partial charge in [-0.1, -0.05) is 42.0 Å². The maximum atomic E-state index is 13.1. The van der Waals surface area contributed by atoms with E-state index in [2.05, 4.69) is 9.97 Å². The number of H-pyrrole nitrogens is 1. The third-order valence-electron chi connectivity index (χ3n) is 3.87. The first kappa shape index (κ1) is 18.2. The maximum Gasteiger partial charge on any atom is 0.449 e. The van der Waals surface area contributed by atoms with Gasteiger partial charge in [-0.2, -0.15) is 13.2 Å². The second kappa shape index (κ2) is 6.28. The first-order valence-corrected chi connectivity index (χ1v) is 9.49. The van der Waals surface area contributed by atoms with Crippen molar-refractivity contribution in [3.63, 3.8) is 0 Å². The Bertz CT molecular complexity index is 1040. The lowest BCUT2D eigenvalue weighted by molar-refractivity contribution is -0.144. The van der Waals surface area contributed by atoms with Crippen molar-refractivity contribution in [2.45, 2.75) is 18.0 Å². The normalized spacial score (nSPS) is 12.3. The van der Waals surface area contributed by atoms with E-state index < -0.39 is 21.8 Å². The van der Waals surface area contributed by atoms with Crippen LogP contribution in [0.4, 0.5) is 13.2 Å². The molecule has 0 unspecified atom stereocenters. The van der Waals surface area contributed by atoms with Crippen LogP contribution in [0.3, 0.4) is 0 Å². The summed E-state index contributed by atoms with van der Waals surface area (Å²) in [5.74, 6) is -1.10. The third-order valence-corrected chi connectivity index (χ3v) is 5.00. The predicted octanol–water partition coefficient (Wildman–Crippen LogP) is 4.47. The van der Waals surface area contributed by atoms with E-state index >= 15 is 0 Å². The number of benzene rings is 2. The molecule has 136 valence electrons. The number of nitrogens with zero attached hydrogens (tertiary/aromatic N) is 1. The van der Waals surface area contributed by atoms with Crippen molar-refractivity contribution in [1.29, 1.82) is 0 Å². The van der Waals surface area contributed by atoms with Gasteiger partial charge >= 0.3 is 6.18 Å². The van der Waals surface area contributed by atoms with Crippen LogP contribution in [0.15, 0.2) is 53.4 Å². The monoisotopic (exact) mass is 380 g/mol. The number of rotatable bonds is 3. The second-order valence-electron chi connectivity index (χ2n) is 5.97. The zero-order chi connectivity index (χ0) is 19.1. The smallest absolute Gasteiger partial charge is 0.334 e. The van der Waals surface area contributed by atoms with Gasteiger partial charge in [0.15, 0.2) is 9.84 Å². The molecule has 1 N–H and O–H groups in total. The first-order valence-electron chi connectivity index (χ1n) is 7.60. The molecule has 3 aromatic rings. The number of aryl methyl sites for hydroxylation is 1. The first-order chi connectivity index (χ1) is 12.1. The minimum atomic E-state index is -4.62. The molecule has 0 saturated carbocycles. The molecular formula is C18H15F3N2O2S. The van der Waals surface area contributed by atoms with Crippen LogP contribution in [0.25, 0.3) is 22.5 Å². The van der Waals surface area contributed by atoms with Gasteiger partial charge in [-0.3, -0.25) is 0 Å².